The van der Waals surface area contributed by atoms with E-state index in [1.54, 1.807) is 0 Å². The third-order valence-electron chi connectivity index (χ3n) is 3.41. The lowest BCUT2D eigenvalue weighted by Gasteiger charge is -2.28. The van der Waals surface area contributed by atoms with E-state index in [1.165, 1.54) is 18.2 Å². The van der Waals surface area contributed by atoms with Crippen LogP contribution in [0.15, 0.2) is 18.2 Å². The molecule has 1 aliphatic rings. The van der Waals surface area contributed by atoms with Crippen LogP contribution in [0.4, 0.5) is 4.39 Å². The van der Waals surface area contributed by atoms with Crippen LogP contribution in [0, 0.1) is 5.82 Å². The first kappa shape index (κ1) is 13.3. The minimum Gasteiger partial charge on any atom is -0.507 e. The lowest BCUT2D eigenvalue weighted by Crippen LogP contribution is -2.48. The van der Waals surface area contributed by atoms with Gasteiger partial charge in [0.25, 0.3) is 5.91 Å². The Hall–Kier alpha value is -1.10. The molecular weight excluding hydrogens is 301 g/mol. The van der Waals surface area contributed by atoms with Gasteiger partial charge in [0.15, 0.2) is 0 Å². The van der Waals surface area contributed by atoms with E-state index < -0.39 is 11.7 Å². The molecule has 0 aromatic heterocycles. The molecule has 1 aromatic carbocycles. The van der Waals surface area contributed by atoms with Crippen molar-refractivity contribution in [2.75, 3.05) is 5.33 Å². The Bertz CT molecular complexity index is 438. The number of amides is 1. The summed E-state index contributed by atoms with van der Waals surface area (Å²) in [6.45, 7) is 0. The number of phenols is 1. The van der Waals surface area contributed by atoms with Crippen LogP contribution in [0.25, 0.3) is 0 Å². The number of alkyl halides is 1. The van der Waals surface area contributed by atoms with Gasteiger partial charge in [0.05, 0.1) is 5.54 Å². The van der Waals surface area contributed by atoms with E-state index in [0.29, 0.717) is 5.33 Å². The molecule has 0 radical (unpaired) electrons. The van der Waals surface area contributed by atoms with Gasteiger partial charge in [-0.25, -0.2) is 4.39 Å². The van der Waals surface area contributed by atoms with Gasteiger partial charge in [-0.2, -0.15) is 0 Å². The Morgan fingerprint density at radius 1 is 1.44 bits per heavy atom. The minimum atomic E-state index is -0.699. The SMILES string of the molecule is O=C(NC1(CBr)CCCC1)c1c(O)cccc1F. The Labute approximate surface area is 114 Å². The average Bonchev–Trinajstić information content (AvgIpc) is 2.78. The fraction of sp³-hybridized carbons (Fsp3) is 0.462. The molecule has 1 aliphatic carbocycles. The molecule has 0 aliphatic heterocycles. The number of hydrogen-bond acceptors (Lipinski definition) is 2. The predicted octanol–water partition coefficient (Wildman–Crippen LogP) is 2.97. The van der Waals surface area contributed by atoms with Gasteiger partial charge in [-0.1, -0.05) is 34.8 Å². The minimum absolute atomic E-state index is 0.273. The van der Waals surface area contributed by atoms with Crippen molar-refractivity contribution in [2.45, 2.75) is 31.2 Å². The van der Waals surface area contributed by atoms with E-state index in [1.807, 2.05) is 0 Å². The van der Waals surface area contributed by atoms with Gasteiger partial charge < -0.3 is 10.4 Å². The Kier molecular flexibility index (Phi) is 3.90. The quantitative estimate of drug-likeness (QED) is 0.842. The zero-order valence-corrected chi connectivity index (χ0v) is 11.5. The first-order chi connectivity index (χ1) is 8.58. The van der Waals surface area contributed by atoms with Crippen LogP contribution in [0.3, 0.4) is 0 Å². The number of carbonyl (C=O) groups excluding carboxylic acids is 1. The van der Waals surface area contributed by atoms with Crippen molar-refractivity contribution in [3.8, 4) is 5.75 Å². The summed E-state index contributed by atoms with van der Waals surface area (Å²) in [5, 5.41) is 13.1. The molecule has 0 atom stereocenters. The van der Waals surface area contributed by atoms with Crippen molar-refractivity contribution < 1.29 is 14.3 Å². The maximum absolute atomic E-state index is 13.6. The van der Waals surface area contributed by atoms with Crippen LogP contribution in [-0.2, 0) is 0 Å². The third kappa shape index (κ3) is 2.51. The van der Waals surface area contributed by atoms with E-state index in [2.05, 4.69) is 21.2 Å². The summed E-state index contributed by atoms with van der Waals surface area (Å²) >= 11 is 3.40. The van der Waals surface area contributed by atoms with Crippen LogP contribution in [0.1, 0.15) is 36.0 Å². The zero-order valence-electron chi connectivity index (χ0n) is 9.88. The summed E-state index contributed by atoms with van der Waals surface area (Å²) < 4.78 is 13.6. The van der Waals surface area contributed by atoms with Crippen LogP contribution in [0.5, 0.6) is 5.75 Å². The van der Waals surface area contributed by atoms with Gasteiger partial charge >= 0.3 is 0 Å². The number of benzene rings is 1. The Morgan fingerprint density at radius 3 is 2.67 bits per heavy atom. The Balaban J connectivity index is 2.22. The standard InChI is InChI=1S/C13H15BrFNO2/c14-8-13(6-1-2-7-13)16-12(18)11-9(15)4-3-5-10(11)17/h3-5,17H,1-2,6-8H2,(H,16,18). The van der Waals surface area contributed by atoms with Crippen molar-refractivity contribution in [2.24, 2.45) is 0 Å². The van der Waals surface area contributed by atoms with Crippen LogP contribution < -0.4 is 5.32 Å². The molecule has 0 bridgehead atoms. The fourth-order valence-corrected chi connectivity index (χ4v) is 3.09. The Morgan fingerprint density at radius 2 is 2.11 bits per heavy atom. The molecular formula is C13H15BrFNO2. The highest BCUT2D eigenvalue weighted by molar-refractivity contribution is 9.09. The molecule has 1 saturated carbocycles. The number of hydrogen-bond donors (Lipinski definition) is 2. The van der Waals surface area contributed by atoms with Gasteiger partial charge in [0.1, 0.15) is 17.1 Å². The van der Waals surface area contributed by atoms with E-state index in [9.17, 15) is 14.3 Å². The molecule has 1 aromatic rings. The van der Waals surface area contributed by atoms with E-state index in [-0.39, 0.29) is 16.9 Å². The number of nitrogens with one attached hydrogen (secondary N) is 1. The number of halogens is 2. The summed E-state index contributed by atoms with van der Waals surface area (Å²) in [4.78, 5) is 12.1. The van der Waals surface area contributed by atoms with Crippen LogP contribution in [-0.4, -0.2) is 21.9 Å². The molecule has 0 spiro atoms. The van der Waals surface area contributed by atoms with Crippen molar-refractivity contribution in [1.82, 2.24) is 5.32 Å². The lowest BCUT2D eigenvalue weighted by atomic mass is 9.99. The number of rotatable bonds is 3. The lowest BCUT2D eigenvalue weighted by molar-refractivity contribution is 0.0903. The molecule has 1 fully saturated rings. The highest BCUT2D eigenvalue weighted by Gasteiger charge is 2.35. The largest absolute Gasteiger partial charge is 0.507 e. The fourth-order valence-electron chi connectivity index (χ4n) is 2.38. The predicted molar refractivity (Wildman–Crippen MR) is 70.5 cm³/mol. The summed E-state index contributed by atoms with van der Waals surface area (Å²) in [6.07, 6.45) is 3.85. The van der Waals surface area contributed by atoms with Crippen molar-refractivity contribution >= 4 is 21.8 Å². The topological polar surface area (TPSA) is 49.3 Å². The summed E-state index contributed by atoms with van der Waals surface area (Å²) in [7, 11) is 0. The zero-order chi connectivity index (χ0) is 13.2. The molecule has 0 saturated heterocycles. The maximum atomic E-state index is 13.6. The van der Waals surface area contributed by atoms with Crippen molar-refractivity contribution in [3.63, 3.8) is 0 Å². The molecule has 1 amide bonds. The van der Waals surface area contributed by atoms with Gasteiger partial charge in [-0.3, -0.25) is 4.79 Å². The van der Waals surface area contributed by atoms with E-state index >= 15 is 0 Å². The summed E-state index contributed by atoms with van der Waals surface area (Å²) in [6, 6.07) is 3.86. The van der Waals surface area contributed by atoms with Crippen LogP contribution >= 0.6 is 15.9 Å². The molecule has 3 nitrogen and oxygen atoms in total. The molecule has 18 heavy (non-hydrogen) atoms. The number of carbonyl (C=O) groups is 1. The van der Waals surface area contributed by atoms with Crippen molar-refractivity contribution in [3.05, 3.63) is 29.6 Å². The summed E-state index contributed by atoms with van der Waals surface area (Å²) in [5.74, 6) is -1.57. The number of aromatic hydroxyl groups is 1. The third-order valence-corrected chi connectivity index (χ3v) is 4.49. The second kappa shape index (κ2) is 5.26. The molecule has 0 heterocycles. The monoisotopic (exact) mass is 315 g/mol. The number of phenolic OH excluding ortho intramolecular Hbond substituents is 1. The second-order valence-electron chi connectivity index (χ2n) is 4.71. The molecule has 2 rings (SSSR count). The van der Waals surface area contributed by atoms with Gasteiger partial charge in [0, 0.05) is 5.33 Å². The smallest absolute Gasteiger partial charge is 0.258 e. The first-order valence-electron chi connectivity index (χ1n) is 5.94. The summed E-state index contributed by atoms with van der Waals surface area (Å²) in [5.41, 5.74) is -0.587. The normalized spacial score (nSPS) is 17.7. The second-order valence-corrected chi connectivity index (χ2v) is 5.27. The van der Waals surface area contributed by atoms with Gasteiger partial charge in [0.2, 0.25) is 0 Å². The van der Waals surface area contributed by atoms with Gasteiger partial charge in [-0.15, -0.1) is 0 Å². The van der Waals surface area contributed by atoms with Gasteiger partial charge in [-0.05, 0) is 25.0 Å². The van der Waals surface area contributed by atoms with E-state index in [4.69, 9.17) is 0 Å². The van der Waals surface area contributed by atoms with Crippen LogP contribution in [0.2, 0.25) is 0 Å². The van der Waals surface area contributed by atoms with E-state index in [0.717, 1.165) is 25.7 Å². The highest BCUT2D eigenvalue weighted by Crippen LogP contribution is 2.32. The van der Waals surface area contributed by atoms with Crippen molar-refractivity contribution in [1.29, 1.82) is 0 Å². The average molecular weight is 316 g/mol. The highest BCUT2D eigenvalue weighted by atomic mass is 79.9. The molecule has 5 heteroatoms. The molecule has 0 unspecified atom stereocenters. The first-order valence-corrected chi connectivity index (χ1v) is 7.06. The maximum Gasteiger partial charge on any atom is 0.258 e. The molecule has 98 valence electrons. The molecule has 2 N–H and O–H groups in total.